The van der Waals surface area contributed by atoms with Crippen LogP contribution in [0.1, 0.15) is 18.9 Å². The minimum Gasteiger partial charge on any atom is -0.492 e. The van der Waals surface area contributed by atoms with Gasteiger partial charge in [-0.1, -0.05) is 19.1 Å². The van der Waals surface area contributed by atoms with Crippen LogP contribution in [0.5, 0.6) is 5.75 Å². The molecule has 15 heavy (non-hydrogen) atoms. The van der Waals surface area contributed by atoms with E-state index in [9.17, 15) is 0 Å². The average Bonchev–Trinajstić information content (AvgIpc) is 2.29. The summed E-state index contributed by atoms with van der Waals surface area (Å²) in [6, 6.07) is 9.46. The number of thioether (sulfide) groups is 1. The highest BCUT2D eigenvalue weighted by Gasteiger charge is 2.00. The van der Waals surface area contributed by atoms with Gasteiger partial charge in [0.2, 0.25) is 0 Å². The maximum atomic E-state index is 8.83. The number of benzene rings is 1. The molecule has 0 N–H and O–H groups in total. The number of ether oxygens (including phenoxy) is 1. The Hall–Kier alpha value is -1.14. The molecular weight excluding hydrogens is 206 g/mol. The molecule has 0 aliphatic heterocycles. The first-order valence-electron chi connectivity index (χ1n) is 5.08. The Morgan fingerprint density at radius 2 is 2.20 bits per heavy atom. The van der Waals surface area contributed by atoms with Gasteiger partial charge in [-0.05, 0) is 30.1 Å². The summed E-state index contributed by atoms with van der Waals surface area (Å²) in [7, 11) is 0. The maximum absolute atomic E-state index is 8.83. The van der Waals surface area contributed by atoms with E-state index in [1.807, 2.05) is 30.0 Å². The van der Waals surface area contributed by atoms with Crippen molar-refractivity contribution in [3.05, 3.63) is 29.8 Å². The van der Waals surface area contributed by atoms with E-state index in [-0.39, 0.29) is 0 Å². The van der Waals surface area contributed by atoms with Gasteiger partial charge in [0.25, 0.3) is 0 Å². The predicted molar refractivity (Wildman–Crippen MR) is 64.3 cm³/mol. The molecule has 0 saturated heterocycles. The van der Waals surface area contributed by atoms with Crippen molar-refractivity contribution in [1.82, 2.24) is 0 Å². The van der Waals surface area contributed by atoms with E-state index < -0.39 is 0 Å². The summed E-state index contributed by atoms with van der Waals surface area (Å²) in [5.41, 5.74) is 0.612. The monoisotopic (exact) mass is 221 g/mol. The van der Waals surface area contributed by atoms with Crippen LogP contribution >= 0.6 is 11.8 Å². The quantitative estimate of drug-likeness (QED) is 0.692. The van der Waals surface area contributed by atoms with Crippen LogP contribution in [-0.2, 0) is 0 Å². The summed E-state index contributed by atoms with van der Waals surface area (Å²) < 4.78 is 5.54. The Morgan fingerprint density at radius 1 is 1.40 bits per heavy atom. The fourth-order valence-electron chi connectivity index (χ4n) is 1.17. The molecule has 0 aliphatic rings. The van der Waals surface area contributed by atoms with Gasteiger partial charge in [0.05, 0.1) is 12.2 Å². The third-order valence-electron chi connectivity index (χ3n) is 1.90. The van der Waals surface area contributed by atoms with Gasteiger partial charge in [-0.2, -0.15) is 17.0 Å². The summed E-state index contributed by atoms with van der Waals surface area (Å²) in [4.78, 5) is 0. The molecular formula is C12H15NOS. The molecule has 0 heterocycles. The van der Waals surface area contributed by atoms with Gasteiger partial charge in [-0.3, -0.25) is 0 Å². The van der Waals surface area contributed by atoms with Crippen LogP contribution in [0.15, 0.2) is 24.3 Å². The molecule has 80 valence electrons. The Kier molecular flexibility index (Phi) is 5.72. The Labute approximate surface area is 95.3 Å². The molecule has 2 nitrogen and oxygen atoms in total. The van der Waals surface area contributed by atoms with Crippen molar-refractivity contribution < 1.29 is 4.74 Å². The number of nitrogens with zero attached hydrogens (tertiary/aromatic N) is 1. The van der Waals surface area contributed by atoms with Crippen molar-refractivity contribution in [2.24, 2.45) is 0 Å². The van der Waals surface area contributed by atoms with E-state index in [1.54, 1.807) is 6.07 Å². The molecule has 0 bridgehead atoms. The Bertz CT molecular complexity index is 333. The molecule has 0 radical (unpaired) electrons. The van der Waals surface area contributed by atoms with Crippen molar-refractivity contribution in [2.75, 3.05) is 18.1 Å². The first-order chi connectivity index (χ1) is 7.38. The fourth-order valence-corrected chi connectivity index (χ4v) is 1.78. The number of nitriles is 1. The lowest BCUT2D eigenvalue weighted by molar-refractivity contribution is 0.318. The van der Waals surface area contributed by atoms with E-state index in [1.165, 1.54) is 0 Å². The standard InChI is InChI=1S/C12H15NOS/c1-2-15-9-5-8-14-12-7-4-3-6-11(12)10-13/h3-4,6-7H,2,5,8-9H2,1H3. The Balaban J connectivity index is 2.34. The minimum absolute atomic E-state index is 0.612. The maximum Gasteiger partial charge on any atom is 0.137 e. The Morgan fingerprint density at radius 3 is 2.93 bits per heavy atom. The van der Waals surface area contributed by atoms with Crippen LogP contribution in [-0.4, -0.2) is 18.1 Å². The molecule has 0 aromatic heterocycles. The van der Waals surface area contributed by atoms with Gasteiger partial charge >= 0.3 is 0 Å². The zero-order valence-corrected chi connectivity index (χ0v) is 9.72. The third kappa shape index (κ3) is 4.26. The number of para-hydroxylation sites is 1. The first kappa shape index (κ1) is 11.9. The van der Waals surface area contributed by atoms with Gasteiger partial charge in [-0.25, -0.2) is 0 Å². The smallest absolute Gasteiger partial charge is 0.137 e. The zero-order valence-electron chi connectivity index (χ0n) is 8.90. The highest BCUT2D eigenvalue weighted by Crippen LogP contribution is 2.16. The van der Waals surface area contributed by atoms with E-state index in [4.69, 9.17) is 10.00 Å². The molecule has 0 unspecified atom stereocenters. The molecule has 1 rings (SSSR count). The second kappa shape index (κ2) is 7.19. The summed E-state index contributed by atoms with van der Waals surface area (Å²) in [6.45, 7) is 2.84. The van der Waals surface area contributed by atoms with Crippen LogP contribution in [0.3, 0.4) is 0 Å². The van der Waals surface area contributed by atoms with Gasteiger partial charge in [-0.15, -0.1) is 0 Å². The van der Waals surface area contributed by atoms with Crippen LogP contribution in [0.25, 0.3) is 0 Å². The topological polar surface area (TPSA) is 33.0 Å². The summed E-state index contributed by atoms with van der Waals surface area (Å²) >= 11 is 1.91. The number of hydrogen-bond donors (Lipinski definition) is 0. The van der Waals surface area contributed by atoms with Crippen LogP contribution in [0.4, 0.5) is 0 Å². The summed E-state index contributed by atoms with van der Waals surface area (Å²) in [5.74, 6) is 2.96. The SMILES string of the molecule is CCSCCCOc1ccccc1C#N. The second-order valence-corrected chi connectivity index (χ2v) is 4.40. The molecule has 3 heteroatoms. The molecule has 0 amide bonds. The molecule has 0 saturated carbocycles. The number of rotatable bonds is 6. The molecule has 0 aliphatic carbocycles. The van der Waals surface area contributed by atoms with E-state index >= 15 is 0 Å². The highest BCUT2D eigenvalue weighted by atomic mass is 32.2. The predicted octanol–water partition coefficient (Wildman–Crippen LogP) is 3.08. The molecule has 0 atom stereocenters. The fraction of sp³-hybridized carbons (Fsp3) is 0.417. The first-order valence-corrected chi connectivity index (χ1v) is 6.23. The molecule has 1 aromatic carbocycles. The zero-order chi connectivity index (χ0) is 10.9. The van der Waals surface area contributed by atoms with Crippen molar-refractivity contribution >= 4 is 11.8 Å². The van der Waals surface area contributed by atoms with Gasteiger partial charge < -0.3 is 4.74 Å². The van der Waals surface area contributed by atoms with E-state index in [0.29, 0.717) is 17.9 Å². The average molecular weight is 221 g/mol. The van der Waals surface area contributed by atoms with E-state index in [2.05, 4.69) is 13.0 Å². The number of hydrogen-bond acceptors (Lipinski definition) is 3. The van der Waals surface area contributed by atoms with Crippen molar-refractivity contribution in [3.63, 3.8) is 0 Å². The van der Waals surface area contributed by atoms with Crippen molar-refractivity contribution in [2.45, 2.75) is 13.3 Å². The summed E-state index contributed by atoms with van der Waals surface area (Å²) in [5, 5.41) is 8.83. The lowest BCUT2D eigenvalue weighted by Gasteiger charge is -2.06. The molecule has 1 aromatic rings. The van der Waals surface area contributed by atoms with Crippen LogP contribution in [0.2, 0.25) is 0 Å². The minimum atomic E-state index is 0.612. The highest BCUT2D eigenvalue weighted by molar-refractivity contribution is 7.99. The van der Waals surface area contributed by atoms with Gasteiger partial charge in [0.1, 0.15) is 11.8 Å². The molecule has 0 spiro atoms. The van der Waals surface area contributed by atoms with Crippen molar-refractivity contribution in [3.8, 4) is 11.8 Å². The normalized spacial score (nSPS) is 9.60. The lowest BCUT2D eigenvalue weighted by Crippen LogP contribution is -2.00. The largest absolute Gasteiger partial charge is 0.492 e. The van der Waals surface area contributed by atoms with Crippen LogP contribution < -0.4 is 4.74 Å². The van der Waals surface area contributed by atoms with E-state index in [0.717, 1.165) is 17.9 Å². The lowest BCUT2D eigenvalue weighted by atomic mass is 10.2. The van der Waals surface area contributed by atoms with Crippen LogP contribution in [0, 0.1) is 11.3 Å². The van der Waals surface area contributed by atoms with Crippen molar-refractivity contribution in [1.29, 1.82) is 5.26 Å². The second-order valence-electron chi connectivity index (χ2n) is 3.01. The summed E-state index contributed by atoms with van der Waals surface area (Å²) in [6.07, 6.45) is 1.03. The van der Waals surface area contributed by atoms with Gasteiger partial charge in [0, 0.05) is 0 Å². The molecule has 0 fully saturated rings. The van der Waals surface area contributed by atoms with Gasteiger partial charge in [0.15, 0.2) is 0 Å². The third-order valence-corrected chi connectivity index (χ3v) is 2.89.